The lowest BCUT2D eigenvalue weighted by molar-refractivity contribution is -0.115. The molecule has 1 aliphatic carbocycles. The highest BCUT2D eigenvalue weighted by Crippen LogP contribution is 2.43. The number of carbonyl (C=O) groups excluding carboxylic acids is 3. The number of Topliss-reactive ketones (excluding diaryl/α,β-unsaturated/α-hetero) is 2. The van der Waals surface area contributed by atoms with Crippen molar-refractivity contribution in [3.8, 4) is 0 Å². The van der Waals surface area contributed by atoms with Gasteiger partial charge in [-0.3, -0.25) is 19.3 Å². The van der Waals surface area contributed by atoms with Gasteiger partial charge in [-0.05, 0) is 29.8 Å². The van der Waals surface area contributed by atoms with Crippen molar-refractivity contribution in [2.45, 2.75) is 11.3 Å². The van der Waals surface area contributed by atoms with E-state index in [-0.39, 0.29) is 41.0 Å². The summed E-state index contributed by atoms with van der Waals surface area (Å²) in [6.07, 6.45) is 0. The quantitative estimate of drug-likeness (QED) is 0.269. The van der Waals surface area contributed by atoms with E-state index in [2.05, 4.69) is 10.3 Å². The number of nitrogens with zero attached hydrogens (tertiary/aromatic N) is 7. The van der Waals surface area contributed by atoms with E-state index in [9.17, 15) is 14.4 Å². The number of benzene rings is 4. The molecule has 0 saturated carbocycles. The van der Waals surface area contributed by atoms with E-state index >= 15 is 0 Å². The Morgan fingerprint density at radius 2 is 1.34 bits per heavy atom. The third-order valence-corrected chi connectivity index (χ3v) is 10.9. The number of rotatable bonds is 4. The van der Waals surface area contributed by atoms with Crippen LogP contribution in [0.1, 0.15) is 32.3 Å². The maximum Gasteiger partial charge on any atom is 0.258 e. The summed E-state index contributed by atoms with van der Waals surface area (Å²) >= 11 is 2.87. The Labute approximate surface area is 295 Å². The number of fused-ring (bicyclic) bond motifs is 2. The van der Waals surface area contributed by atoms with Crippen molar-refractivity contribution in [3.05, 3.63) is 143 Å². The molecule has 1 amide bonds. The Kier molecular flexibility index (Phi) is 7.43. The van der Waals surface area contributed by atoms with Crippen LogP contribution in [-0.2, 0) is 4.79 Å². The molecular weight excluding hydrogens is 669 g/mol. The van der Waals surface area contributed by atoms with Gasteiger partial charge in [-0.25, -0.2) is 5.01 Å². The number of nitrogens with one attached hydrogen (secondary N) is 1. The topological polar surface area (TPSA) is 122 Å². The number of thioether (sulfide) groups is 2. The molecule has 1 saturated heterocycles. The van der Waals surface area contributed by atoms with Gasteiger partial charge in [0.15, 0.2) is 16.2 Å². The molecule has 5 aliphatic rings. The zero-order valence-electron chi connectivity index (χ0n) is 26.2. The highest BCUT2D eigenvalue weighted by molar-refractivity contribution is 8.16. The minimum Gasteiger partial charge on any atom is -0.329 e. The molecule has 1 N–H and O–H groups in total. The minimum absolute atomic E-state index is 0.156. The number of carbonyl (C=O) groups is 3. The second-order valence-corrected chi connectivity index (χ2v) is 13.9. The number of aliphatic imine (C=N–C) groups is 1. The Hall–Kier alpha value is -5.79. The summed E-state index contributed by atoms with van der Waals surface area (Å²) < 4.78 is 0. The van der Waals surface area contributed by atoms with Crippen LogP contribution >= 0.6 is 23.5 Å². The lowest BCUT2D eigenvalue weighted by atomic mass is 9.87. The van der Waals surface area contributed by atoms with Gasteiger partial charge >= 0.3 is 0 Å². The predicted molar refractivity (Wildman–Crippen MR) is 198 cm³/mol. The maximum absolute atomic E-state index is 14.4. The van der Waals surface area contributed by atoms with Gasteiger partial charge in [-0.2, -0.15) is 10.1 Å². The summed E-state index contributed by atoms with van der Waals surface area (Å²) in [5, 5.41) is 20.5. The fourth-order valence-corrected chi connectivity index (χ4v) is 8.55. The molecule has 11 nitrogen and oxygen atoms in total. The highest BCUT2D eigenvalue weighted by atomic mass is 32.2. The molecule has 50 heavy (non-hydrogen) atoms. The summed E-state index contributed by atoms with van der Waals surface area (Å²) in [4.78, 5) is 48.5. The van der Waals surface area contributed by atoms with Crippen LogP contribution < -0.4 is 15.1 Å². The summed E-state index contributed by atoms with van der Waals surface area (Å²) in [7, 11) is 0. The number of allylic oxidation sites excluding steroid dienone is 2. The van der Waals surface area contributed by atoms with Crippen molar-refractivity contribution in [1.29, 1.82) is 0 Å². The normalized spacial score (nSPS) is 22.9. The van der Waals surface area contributed by atoms with Crippen LogP contribution in [0.4, 0.5) is 11.4 Å². The Morgan fingerprint density at radius 3 is 2.00 bits per heavy atom. The number of amidine groups is 4. The zero-order valence-corrected chi connectivity index (χ0v) is 27.8. The smallest absolute Gasteiger partial charge is 0.258 e. The predicted octanol–water partition coefficient (Wildman–Crippen LogP) is 5.68. The first kappa shape index (κ1) is 30.3. The lowest BCUT2D eigenvalue weighted by Crippen LogP contribution is -2.52. The van der Waals surface area contributed by atoms with Crippen molar-refractivity contribution in [3.63, 3.8) is 0 Å². The van der Waals surface area contributed by atoms with Crippen molar-refractivity contribution in [2.24, 2.45) is 20.3 Å². The van der Waals surface area contributed by atoms with Gasteiger partial charge in [0.2, 0.25) is 11.6 Å². The van der Waals surface area contributed by atoms with Crippen LogP contribution in [-0.4, -0.2) is 62.0 Å². The second kappa shape index (κ2) is 12.3. The monoisotopic (exact) mass is 694 g/mol. The zero-order chi connectivity index (χ0) is 33.8. The average molecular weight is 695 g/mol. The lowest BCUT2D eigenvalue weighted by Gasteiger charge is -2.41. The molecule has 0 radical (unpaired) electrons. The number of hydrogen-bond donors (Lipinski definition) is 1. The number of hydrazone groups is 1. The van der Waals surface area contributed by atoms with Crippen LogP contribution in [0.25, 0.3) is 0 Å². The van der Waals surface area contributed by atoms with Crippen LogP contribution in [0.15, 0.2) is 147 Å². The first-order valence-electron chi connectivity index (χ1n) is 15.9. The molecule has 4 aromatic rings. The molecule has 1 fully saturated rings. The van der Waals surface area contributed by atoms with Crippen LogP contribution in [0.2, 0.25) is 0 Å². The Balaban J connectivity index is 1.14. The van der Waals surface area contributed by atoms with E-state index in [0.29, 0.717) is 50.3 Å². The minimum atomic E-state index is -0.269. The maximum atomic E-state index is 14.4. The molecule has 9 rings (SSSR count). The van der Waals surface area contributed by atoms with Crippen LogP contribution in [0.3, 0.4) is 0 Å². The van der Waals surface area contributed by atoms with Crippen molar-refractivity contribution in [1.82, 2.24) is 10.3 Å². The van der Waals surface area contributed by atoms with Gasteiger partial charge in [0.1, 0.15) is 17.2 Å². The molecule has 0 spiro atoms. The van der Waals surface area contributed by atoms with Crippen molar-refractivity contribution in [2.75, 3.05) is 22.1 Å². The third kappa shape index (κ3) is 5.04. The number of hydrogen-bond acceptors (Lipinski definition) is 10. The first-order valence-corrected chi connectivity index (χ1v) is 17.8. The standard InChI is InChI=1S/C37H26N8O3S2/c46-28-21-49-37(38-28)45-29(22-12-4-1-5-13-22)34-35(42-45)39-36(50-34)41-40-27-20-43(23-14-6-2-7-15-23)30-31(44(27)24-16-8-3-9-17-24)33(48)26-19-11-10-18-25(26)32(30)47/h1-19,29,34H,20-21H2,(H,39,41,42)/b40-27+. The fourth-order valence-electron chi connectivity index (χ4n) is 6.67. The molecule has 4 heterocycles. The van der Waals surface area contributed by atoms with E-state index in [0.717, 1.165) is 11.3 Å². The van der Waals surface area contributed by atoms with Gasteiger partial charge < -0.3 is 10.2 Å². The van der Waals surface area contributed by atoms with Gasteiger partial charge in [0.25, 0.3) is 5.91 Å². The van der Waals surface area contributed by atoms with E-state index in [4.69, 9.17) is 15.3 Å². The van der Waals surface area contributed by atoms with Gasteiger partial charge in [0.05, 0.1) is 23.6 Å². The Bertz CT molecular complexity index is 2240. The van der Waals surface area contributed by atoms with Crippen LogP contribution in [0.5, 0.6) is 0 Å². The molecule has 0 aromatic heterocycles. The molecule has 0 bridgehead atoms. The molecular formula is C37H26N8O3S2. The van der Waals surface area contributed by atoms with Crippen LogP contribution in [0, 0.1) is 0 Å². The highest BCUT2D eigenvalue weighted by Gasteiger charge is 2.48. The molecule has 244 valence electrons. The molecule has 2 atom stereocenters. The molecule has 2 unspecified atom stereocenters. The summed E-state index contributed by atoms with van der Waals surface area (Å²) in [5.74, 6) is 0.775. The largest absolute Gasteiger partial charge is 0.329 e. The summed E-state index contributed by atoms with van der Waals surface area (Å²) in [6, 6.07) is 35.7. The number of ketones is 2. The fraction of sp³-hybridized carbons (Fsp3) is 0.108. The van der Waals surface area contributed by atoms with Crippen molar-refractivity contribution >= 4 is 74.4 Å². The SMILES string of the molecule is O=C1CSC(N2N=C3N/C(=N\N=C4/CN(c5ccccc5)C5=C(C(=O)c6ccccc6C5=O)N4c4ccccc4)SC3C2c2ccccc2)=N1. The second-order valence-electron chi connectivity index (χ2n) is 11.8. The third-order valence-electron chi connectivity index (χ3n) is 8.85. The molecule has 4 aliphatic heterocycles. The van der Waals surface area contributed by atoms with E-state index in [1.807, 2.05) is 101 Å². The van der Waals surface area contributed by atoms with Gasteiger partial charge in [-0.15, -0.1) is 10.2 Å². The number of anilines is 2. The number of amides is 1. The van der Waals surface area contributed by atoms with E-state index < -0.39 is 0 Å². The van der Waals surface area contributed by atoms with Crippen molar-refractivity contribution < 1.29 is 14.4 Å². The average Bonchev–Trinajstić information content (AvgIpc) is 3.87. The molecule has 13 heteroatoms. The summed E-state index contributed by atoms with van der Waals surface area (Å²) in [6.45, 7) is 0.177. The van der Waals surface area contributed by atoms with Gasteiger partial charge in [-0.1, -0.05) is 115 Å². The molecule has 4 aromatic carbocycles. The first-order chi connectivity index (χ1) is 24.5. The van der Waals surface area contributed by atoms with E-state index in [1.54, 1.807) is 29.2 Å². The van der Waals surface area contributed by atoms with Gasteiger partial charge in [0, 0.05) is 22.5 Å². The Morgan fingerprint density at radius 1 is 0.720 bits per heavy atom. The number of para-hydroxylation sites is 2. The van der Waals surface area contributed by atoms with E-state index in [1.165, 1.54) is 23.5 Å². The summed E-state index contributed by atoms with van der Waals surface area (Å²) in [5.41, 5.74) is 3.71.